The van der Waals surface area contributed by atoms with E-state index in [0.29, 0.717) is 6.61 Å². The van der Waals surface area contributed by atoms with Crippen molar-refractivity contribution in [2.45, 2.75) is 52.1 Å². The van der Waals surface area contributed by atoms with E-state index in [9.17, 15) is 4.79 Å². The maximum absolute atomic E-state index is 12.3. The first-order valence-corrected chi connectivity index (χ1v) is 7.94. The Morgan fingerprint density at radius 2 is 2.14 bits per heavy atom. The topological polar surface area (TPSA) is 47.6 Å². The number of carbonyl (C=O) groups excluding carboxylic acids is 1. The molecule has 0 saturated heterocycles. The largest absolute Gasteiger partial charge is 0.492 e. The summed E-state index contributed by atoms with van der Waals surface area (Å²) in [6.45, 7) is 4.59. The van der Waals surface area contributed by atoms with Crippen molar-refractivity contribution in [1.82, 2.24) is 0 Å². The van der Waals surface area contributed by atoms with Crippen LogP contribution in [0.25, 0.3) is 0 Å². The van der Waals surface area contributed by atoms with E-state index in [0.717, 1.165) is 54.9 Å². The summed E-state index contributed by atoms with van der Waals surface area (Å²) in [5.74, 6) is 1.87. The van der Waals surface area contributed by atoms with Crippen LogP contribution in [0.15, 0.2) is 12.1 Å². The Morgan fingerprint density at radius 1 is 1.38 bits per heavy atom. The summed E-state index contributed by atoms with van der Waals surface area (Å²) in [7, 11) is 0. The summed E-state index contributed by atoms with van der Waals surface area (Å²) >= 11 is 0. The molecule has 4 heteroatoms. The van der Waals surface area contributed by atoms with Crippen molar-refractivity contribution in [1.29, 1.82) is 0 Å². The van der Waals surface area contributed by atoms with Crippen molar-refractivity contribution in [3.63, 3.8) is 0 Å². The van der Waals surface area contributed by atoms with Crippen LogP contribution in [-0.4, -0.2) is 18.6 Å². The van der Waals surface area contributed by atoms with Crippen molar-refractivity contribution >= 4 is 11.6 Å². The second-order valence-corrected chi connectivity index (χ2v) is 5.99. The van der Waals surface area contributed by atoms with Gasteiger partial charge in [0.15, 0.2) is 0 Å². The van der Waals surface area contributed by atoms with Gasteiger partial charge < -0.3 is 14.8 Å². The molecule has 0 bridgehead atoms. The molecule has 1 aliphatic carbocycles. The van der Waals surface area contributed by atoms with Gasteiger partial charge >= 0.3 is 0 Å². The molecule has 1 aliphatic heterocycles. The molecule has 1 atom stereocenters. The van der Waals surface area contributed by atoms with Gasteiger partial charge in [0.05, 0.1) is 12.3 Å². The van der Waals surface area contributed by atoms with Crippen LogP contribution in [0.3, 0.4) is 0 Å². The predicted molar refractivity (Wildman–Crippen MR) is 82.0 cm³/mol. The standard InChI is InChI=1S/C17H23NO3/c1-3-20-16-9-13-8-11(2)21-15(13)10-14(16)18-17(19)12-6-4-5-7-12/h9-12H,3-8H2,1-2H3,(H,18,19)/t11-/m0/s1. The summed E-state index contributed by atoms with van der Waals surface area (Å²) in [5, 5.41) is 3.04. The van der Waals surface area contributed by atoms with Gasteiger partial charge in [-0.3, -0.25) is 4.79 Å². The van der Waals surface area contributed by atoms with Gasteiger partial charge in [-0.1, -0.05) is 12.8 Å². The van der Waals surface area contributed by atoms with E-state index in [-0.39, 0.29) is 17.9 Å². The quantitative estimate of drug-likeness (QED) is 0.922. The molecular weight excluding hydrogens is 266 g/mol. The van der Waals surface area contributed by atoms with Crippen LogP contribution in [0.2, 0.25) is 0 Å². The van der Waals surface area contributed by atoms with Gasteiger partial charge in [0.1, 0.15) is 17.6 Å². The molecule has 0 spiro atoms. The van der Waals surface area contributed by atoms with Crippen LogP contribution in [-0.2, 0) is 11.2 Å². The number of anilines is 1. The highest BCUT2D eigenvalue weighted by Crippen LogP contribution is 2.38. The number of ether oxygens (including phenoxy) is 2. The molecule has 2 aliphatic rings. The number of nitrogens with one attached hydrogen (secondary N) is 1. The van der Waals surface area contributed by atoms with Gasteiger partial charge in [-0.05, 0) is 32.8 Å². The number of hydrogen-bond acceptors (Lipinski definition) is 3. The Bertz CT molecular complexity index is 535. The Balaban J connectivity index is 1.82. The number of carbonyl (C=O) groups is 1. The summed E-state index contributed by atoms with van der Waals surface area (Å²) < 4.78 is 11.5. The molecule has 1 fully saturated rings. The number of rotatable bonds is 4. The van der Waals surface area contributed by atoms with Gasteiger partial charge in [-0.15, -0.1) is 0 Å². The molecule has 1 amide bonds. The van der Waals surface area contributed by atoms with Gasteiger partial charge in [-0.2, -0.15) is 0 Å². The van der Waals surface area contributed by atoms with Crippen molar-refractivity contribution in [3.8, 4) is 11.5 Å². The third-order valence-corrected chi connectivity index (χ3v) is 4.28. The lowest BCUT2D eigenvalue weighted by atomic mass is 10.1. The van der Waals surface area contributed by atoms with E-state index in [4.69, 9.17) is 9.47 Å². The normalized spacial score (nSPS) is 21.0. The summed E-state index contributed by atoms with van der Waals surface area (Å²) in [6, 6.07) is 3.92. The van der Waals surface area contributed by atoms with Crippen LogP contribution in [0.5, 0.6) is 11.5 Å². The molecule has 1 aromatic carbocycles. The third-order valence-electron chi connectivity index (χ3n) is 4.28. The minimum absolute atomic E-state index is 0.111. The maximum Gasteiger partial charge on any atom is 0.227 e. The highest BCUT2D eigenvalue weighted by Gasteiger charge is 2.26. The van der Waals surface area contributed by atoms with Crippen molar-refractivity contribution in [3.05, 3.63) is 17.7 Å². The van der Waals surface area contributed by atoms with E-state index >= 15 is 0 Å². The number of fused-ring (bicyclic) bond motifs is 1. The van der Waals surface area contributed by atoms with Gasteiger partial charge in [-0.25, -0.2) is 0 Å². The van der Waals surface area contributed by atoms with Gasteiger partial charge in [0, 0.05) is 24.0 Å². The number of hydrogen-bond donors (Lipinski definition) is 1. The third kappa shape index (κ3) is 2.99. The minimum atomic E-state index is 0.111. The van der Waals surface area contributed by atoms with E-state index < -0.39 is 0 Å². The first-order chi connectivity index (χ1) is 10.2. The zero-order chi connectivity index (χ0) is 14.8. The number of benzene rings is 1. The summed E-state index contributed by atoms with van der Waals surface area (Å²) in [4.78, 5) is 12.3. The maximum atomic E-state index is 12.3. The zero-order valence-electron chi connectivity index (χ0n) is 12.8. The highest BCUT2D eigenvalue weighted by atomic mass is 16.5. The fourth-order valence-electron chi connectivity index (χ4n) is 3.23. The Morgan fingerprint density at radius 3 is 2.86 bits per heavy atom. The first-order valence-electron chi connectivity index (χ1n) is 7.94. The predicted octanol–water partition coefficient (Wildman–Crippen LogP) is 3.54. The summed E-state index contributed by atoms with van der Waals surface area (Å²) in [5.41, 5.74) is 1.89. The zero-order valence-corrected chi connectivity index (χ0v) is 12.8. The first kappa shape index (κ1) is 14.2. The van der Waals surface area contributed by atoms with Crippen LogP contribution in [0.4, 0.5) is 5.69 Å². The molecule has 1 aromatic rings. The lowest BCUT2D eigenvalue weighted by Gasteiger charge is -2.15. The van der Waals surface area contributed by atoms with Crippen molar-refractivity contribution in [2.24, 2.45) is 5.92 Å². The molecule has 0 radical (unpaired) electrons. The monoisotopic (exact) mass is 289 g/mol. The molecule has 114 valence electrons. The Kier molecular flexibility index (Phi) is 4.04. The molecule has 1 saturated carbocycles. The van der Waals surface area contributed by atoms with Crippen LogP contribution in [0, 0.1) is 5.92 Å². The SMILES string of the molecule is CCOc1cc2c(cc1NC(=O)C1CCCC1)O[C@@H](C)C2. The molecule has 1 N–H and O–H groups in total. The molecule has 0 aromatic heterocycles. The second kappa shape index (κ2) is 5.96. The second-order valence-electron chi connectivity index (χ2n) is 5.99. The summed E-state index contributed by atoms with van der Waals surface area (Å²) in [6.07, 6.45) is 5.38. The van der Waals surface area contributed by atoms with Crippen LogP contribution >= 0.6 is 0 Å². The van der Waals surface area contributed by atoms with Gasteiger partial charge in [0.25, 0.3) is 0 Å². The fourth-order valence-corrected chi connectivity index (χ4v) is 3.23. The van der Waals surface area contributed by atoms with E-state index in [1.807, 2.05) is 19.1 Å². The van der Waals surface area contributed by atoms with Gasteiger partial charge in [0.2, 0.25) is 5.91 Å². The average molecular weight is 289 g/mol. The van der Waals surface area contributed by atoms with Crippen molar-refractivity contribution in [2.75, 3.05) is 11.9 Å². The molecule has 1 heterocycles. The Hall–Kier alpha value is -1.71. The number of amides is 1. The smallest absolute Gasteiger partial charge is 0.227 e. The Labute approximate surface area is 125 Å². The fraction of sp³-hybridized carbons (Fsp3) is 0.588. The average Bonchev–Trinajstić information content (AvgIpc) is 3.07. The van der Waals surface area contributed by atoms with E-state index in [1.165, 1.54) is 0 Å². The lowest BCUT2D eigenvalue weighted by molar-refractivity contribution is -0.119. The molecule has 3 rings (SSSR count). The molecule has 21 heavy (non-hydrogen) atoms. The minimum Gasteiger partial charge on any atom is -0.492 e. The van der Waals surface area contributed by atoms with E-state index in [2.05, 4.69) is 12.2 Å². The molecule has 0 unspecified atom stereocenters. The molecular formula is C17H23NO3. The van der Waals surface area contributed by atoms with E-state index in [1.54, 1.807) is 0 Å². The highest BCUT2D eigenvalue weighted by molar-refractivity contribution is 5.94. The van der Waals surface area contributed by atoms with Crippen molar-refractivity contribution < 1.29 is 14.3 Å². The molecule has 4 nitrogen and oxygen atoms in total. The van der Waals surface area contributed by atoms with Crippen LogP contribution in [0.1, 0.15) is 45.1 Å². The lowest BCUT2D eigenvalue weighted by Crippen LogP contribution is -2.20. The van der Waals surface area contributed by atoms with Crippen LogP contribution < -0.4 is 14.8 Å².